The molecule has 32 heavy (non-hydrogen) atoms. The third-order valence-electron chi connectivity index (χ3n) is 5.75. The highest BCUT2D eigenvalue weighted by molar-refractivity contribution is 5.67. The highest BCUT2D eigenvalue weighted by atomic mass is 16.5. The van der Waals surface area contributed by atoms with E-state index < -0.39 is 0 Å². The van der Waals surface area contributed by atoms with Crippen molar-refractivity contribution in [3.8, 4) is 28.2 Å². The van der Waals surface area contributed by atoms with Gasteiger partial charge < -0.3 is 14.2 Å². The minimum atomic E-state index is 0.706. The number of anilines is 1. The monoisotopic (exact) mass is 422 g/mol. The second-order valence-electron chi connectivity index (χ2n) is 7.79. The van der Waals surface area contributed by atoms with Gasteiger partial charge in [-0.05, 0) is 29.3 Å². The molecule has 0 unspecified atom stereocenters. The summed E-state index contributed by atoms with van der Waals surface area (Å²) < 4.78 is 9.58. The third kappa shape index (κ3) is 3.42. The van der Waals surface area contributed by atoms with Crippen molar-refractivity contribution < 1.29 is 4.74 Å². The van der Waals surface area contributed by atoms with Gasteiger partial charge in [0.2, 0.25) is 0 Å². The molecule has 1 fully saturated rings. The first kappa shape index (κ1) is 18.8. The van der Waals surface area contributed by atoms with Gasteiger partial charge in [0.25, 0.3) is 0 Å². The van der Waals surface area contributed by atoms with Crippen LogP contribution in [0.5, 0.6) is 0 Å². The van der Waals surface area contributed by atoms with Crippen LogP contribution in [0.4, 0.5) is 5.82 Å². The van der Waals surface area contributed by atoms with Crippen LogP contribution in [0.3, 0.4) is 0 Å². The predicted molar refractivity (Wildman–Crippen MR) is 124 cm³/mol. The molecule has 1 saturated heterocycles. The van der Waals surface area contributed by atoms with Crippen LogP contribution in [0.15, 0.2) is 85.5 Å². The van der Waals surface area contributed by atoms with Gasteiger partial charge in [-0.15, -0.1) is 0 Å². The Balaban J connectivity index is 1.48. The van der Waals surface area contributed by atoms with Crippen molar-refractivity contribution in [3.63, 3.8) is 0 Å². The lowest BCUT2D eigenvalue weighted by Crippen LogP contribution is -2.37. The van der Waals surface area contributed by atoms with Crippen molar-refractivity contribution in [3.05, 3.63) is 85.5 Å². The van der Waals surface area contributed by atoms with E-state index >= 15 is 0 Å². The number of rotatable bonds is 4. The van der Waals surface area contributed by atoms with E-state index in [1.165, 1.54) is 5.56 Å². The fourth-order valence-electron chi connectivity index (χ4n) is 4.09. The van der Waals surface area contributed by atoms with E-state index in [-0.39, 0.29) is 0 Å². The molecule has 0 atom stereocenters. The zero-order chi connectivity index (χ0) is 21.3. The lowest BCUT2D eigenvalue weighted by Gasteiger charge is -2.29. The number of fused-ring (bicyclic) bond motifs is 1. The van der Waals surface area contributed by atoms with Crippen molar-refractivity contribution >= 4 is 11.5 Å². The van der Waals surface area contributed by atoms with E-state index in [0.29, 0.717) is 13.2 Å². The van der Waals surface area contributed by atoms with E-state index in [4.69, 9.17) is 14.8 Å². The average Bonchev–Trinajstić information content (AvgIpc) is 3.53. The van der Waals surface area contributed by atoms with Gasteiger partial charge >= 0.3 is 0 Å². The lowest BCUT2D eigenvalue weighted by atomic mass is 10.1. The van der Waals surface area contributed by atoms with Gasteiger partial charge in [0.1, 0.15) is 11.6 Å². The van der Waals surface area contributed by atoms with Crippen molar-refractivity contribution in [1.82, 2.24) is 24.1 Å². The lowest BCUT2D eigenvalue weighted by molar-refractivity contribution is 0.122. The first-order valence-electron chi connectivity index (χ1n) is 10.7. The molecule has 0 radical (unpaired) electrons. The number of nitrogens with zero attached hydrogens (tertiary/aromatic N) is 6. The van der Waals surface area contributed by atoms with E-state index in [0.717, 1.165) is 47.2 Å². The van der Waals surface area contributed by atoms with E-state index in [9.17, 15) is 0 Å². The normalized spacial score (nSPS) is 14.2. The molecule has 7 nitrogen and oxygen atoms in total. The number of morpholine rings is 1. The smallest absolute Gasteiger partial charge is 0.160 e. The maximum atomic E-state index is 5.57. The molecule has 6 rings (SSSR count). The summed E-state index contributed by atoms with van der Waals surface area (Å²) in [7, 11) is 0. The van der Waals surface area contributed by atoms with E-state index in [1.807, 2.05) is 35.0 Å². The molecule has 0 aliphatic carbocycles. The highest BCUT2D eigenvalue weighted by Crippen LogP contribution is 2.27. The van der Waals surface area contributed by atoms with E-state index in [1.54, 1.807) is 6.20 Å². The molecule has 1 aliphatic heterocycles. The van der Waals surface area contributed by atoms with Crippen LogP contribution in [0, 0.1) is 0 Å². The zero-order valence-electron chi connectivity index (χ0n) is 17.5. The Kier molecular flexibility index (Phi) is 4.66. The van der Waals surface area contributed by atoms with Gasteiger partial charge in [0.05, 0.1) is 18.9 Å². The second kappa shape index (κ2) is 7.94. The summed E-state index contributed by atoms with van der Waals surface area (Å²) in [4.78, 5) is 11.5. The number of pyridine rings is 1. The molecule has 0 N–H and O–H groups in total. The number of benzene rings is 1. The van der Waals surface area contributed by atoms with Gasteiger partial charge in [-0.3, -0.25) is 4.98 Å². The SMILES string of the molecule is c1ccc(-c2ccn(-c3cc(N4CCOCC4)n4nc(-c5cccnc5)cc4n3)c2)cc1. The van der Waals surface area contributed by atoms with Crippen LogP contribution in [-0.4, -0.2) is 50.5 Å². The summed E-state index contributed by atoms with van der Waals surface area (Å²) in [5, 5.41) is 4.87. The fourth-order valence-corrected chi connectivity index (χ4v) is 4.09. The van der Waals surface area contributed by atoms with Gasteiger partial charge in [-0.25, -0.2) is 4.98 Å². The minimum absolute atomic E-state index is 0.706. The molecule has 5 aromatic rings. The minimum Gasteiger partial charge on any atom is -0.378 e. The van der Waals surface area contributed by atoms with Gasteiger partial charge in [0.15, 0.2) is 5.65 Å². The summed E-state index contributed by atoms with van der Waals surface area (Å²) in [5.74, 6) is 1.87. The van der Waals surface area contributed by atoms with E-state index in [2.05, 4.69) is 63.2 Å². The standard InChI is InChI=1S/C25H22N6O/c1-2-5-19(6-3-1)21-8-10-30(18-21)23-16-25(29-11-13-32-14-12-29)31-24(27-23)15-22(28-31)20-7-4-9-26-17-20/h1-10,15-18H,11-14H2. The molecule has 0 amide bonds. The number of ether oxygens (including phenoxy) is 1. The molecule has 1 aromatic carbocycles. The molecule has 4 aromatic heterocycles. The molecule has 0 saturated carbocycles. The van der Waals surface area contributed by atoms with Gasteiger partial charge in [0, 0.05) is 55.6 Å². The summed E-state index contributed by atoms with van der Waals surface area (Å²) in [6.07, 6.45) is 7.78. The van der Waals surface area contributed by atoms with Crippen LogP contribution >= 0.6 is 0 Å². The average molecular weight is 422 g/mol. The molecular formula is C25H22N6O. The molecule has 1 aliphatic rings. The number of hydrogen-bond donors (Lipinski definition) is 0. The maximum Gasteiger partial charge on any atom is 0.160 e. The first-order valence-corrected chi connectivity index (χ1v) is 10.7. The van der Waals surface area contributed by atoms with Crippen molar-refractivity contribution in [2.45, 2.75) is 0 Å². The third-order valence-corrected chi connectivity index (χ3v) is 5.75. The summed E-state index contributed by atoms with van der Waals surface area (Å²) >= 11 is 0. The van der Waals surface area contributed by atoms with Gasteiger partial charge in [-0.2, -0.15) is 9.61 Å². The Morgan fingerprint density at radius 2 is 1.69 bits per heavy atom. The number of hydrogen-bond acceptors (Lipinski definition) is 5. The molecule has 0 spiro atoms. The van der Waals surface area contributed by atoms with Crippen LogP contribution in [0.2, 0.25) is 0 Å². The topological polar surface area (TPSA) is 60.5 Å². The van der Waals surface area contributed by atoms with Gasteiger partial charge in [-0.1, -0.05) is 30.3 Å². The quantitative estimate of drug-likeness (QED) is 0.437. The molecule has 0 bridgehead atoms. The largest absolute Gasteiger partial charge is 0.378 e. The Hall–Kier alpha value is -3.97. The Morgan fingerprint density at radius 3 is 2.50 bits per heavy atom. The van der Waals surface area contributed by atoms with Crippen LogP contribution in [0.25, 0.3) is 33.8 Å². The summed E-state index contributed by atoms with van der Waals surface area (Å²) in [6.45, 7) is 3.05. The van der Waals surface area contributed by atoms with Crippen molar-refractivity contribution in [1.29, 1.82) is 0 Å². The first-order chi connectivity index (χ1) is 15.8. The zero-order valence-corrected chi connectivity index (χ0v) is 17.5. The molecule has 158 valence electrons. The molecule has 5 heterocycles. The maximum absolute atomic E-state index is 5.57. The van der Waals surface area contributed by atoms with Crippen molar-refractivity contribution in [2.24, 2.45) is 0 Å². The van der Waals surface area contributed by atoms with Crippen LogP contribution in [-0.2, 0) is 4.74 Å². The summed E-state index contributed by atoms with van der Waals surface area (Å²) in [5.41, 5.74) is 4.97. The molecule has 7 heteroatoms. The Labute approximate surface area is 185 Å². The number of aromatic nitrogens is 5. The Morgan fingerprint density at radius 1 is 0.844 bits per heavy atom. The second-order valence-corrected chi connectivity index (χ2v) is 7.79. The van der Waals surface area contributed by atoms with Crippen LogP contribution < -0.4 is 4.90 Å². The molecular weight excluding hydrogens is 400 g/mol. The van der Waals surface area contributed by atoms with Crippen molar-refractivity contribution in [2.75, 3.05) is 31.2 Å². The van der Waals surface area contributed by atoms with Crippen LogP contribution in [0.1, 0.15) is 0 Å². The fraction of sp³-hybridized carbons (Fsp3) is 0.160. The highest BCUT2D eigenvalue weighted by Gasteiger charge is 2.19. The Bertz CT molecular complexity index is 1350. The summed E-state index contributed by atoms with van der Waals surface area (Å²) in [6, 6.07) is 20.6. The predicted octanol–water partition coefficient (Wildman–Crippen LogP) is 4.09.